The third-order valence-corrected chi connectivity index (χ3v) is 8.55. The van der Waals surface area contributed by atoms with Gasteiger partial charge in [-0.2, -0.15) is 0 Å². The van der Waals surface area contributed by atoms with Gasteiger partial charge in [0.25, 0.3) is 0 Å². The lowest BCUT2D eigenvalue weighted by atomic mass is 9.98. The molecule has 1 saturated heterocycles. The maximum Gasteiger partial charge on any atom is 0.407 e. The van der Waals surface area contributed by atoms with Crippen LogP contribution < -0.4 is 10.1 Å². The first-order valence-electron chi connectivity index (χ1n) is 15.3. The highest BCUT2D eigenvalue weighted by atomic mass is 16.5. The number of carbonyl (C=O) groups excluding carboxylic acids is 3. The number of likely N-dealkylation sites (tertiary alicyclic amines) is 1. The normalized spacial score (nSPS) is 15.9. The van der Waals surface area contributed by atoms with Crippen LogP contribution in [0.1, 0.15) is 41.0 Å². The van der Waals surface area contributed by atoms with Crippen molar-refractivity contribution in [2.24, 2.45) is 0 Å². The molecule has 0 unspecified atom stereocenters. The first-order chi connectivity index (χ1) is 22.0. The third-order valence-electron chi connectivity index (χ3n) is 8.55. The average Bonchev–Trinajstić information content (AvgIpc) is 3.70. The summed E-state index contributed by atoms with van der Waals surface area (Å²) >= 11 is 0. The number of nitrogens with one attached hydrogen (secondary N) is 1. The number of hydrogen-bond donors (Lipinski definition) is 1. The first kappa shape index (κ1) is 29.9. The highest BCUT2D eigenvalue weighted by molar-refractivity contribution is 5.90. The third kappa shape index (κ3) is 6.70. The van der Waals surface area contributed by atoms with E-state index in [1.165, 1.54) is 12.0 Å². The molecule has 4 aromatic carbocycles. The van der Waals surface area contributed by atoms with Crippen molar-refractivity contribution in [1.82, 2.24) is 10.2 Å². The molecule has 0 bridgehead atoms. The monoisotopic (exact) mass is 604 g/mol. The second kappa shape index (κ2) is 13.7. The van der Waals surface area contributed by atoms with E-state index in [4.69, 9.17) is 14.2 Å². The maximum absolute atomic E-state index is 13.9. The fourth-order valence-electron chi connectivity index (χ4n) is 6.29. The lowest BCUT2D eigenvalue weighted by molar-refractivity contribution is -0.151. The zero-order valence-corrected chi connectivity index (χ0v) is 25.2. The second-order valence-corrected chi connectivity index (χ2v) is 11.4. The van der Waals surface area contributed by atoms with Gasteiger partial charge >= 0.3 is 12.1 Å². The van der Waals surface area contributed by atoms with Gasteiger partial charge in [0.15, 0.2) is 0 Å². The van der Waals surface area contributed by atoms with Gasteiger partial charge in [0.2, 0.25) is 5.91 Å². The van der Waals surface area contributed by atoms with Crippen LogP contribution in [0, 0.1) is 0 Å². The fourth-order valence-corrected chi connectivity index (χ4v) is 6.29. The van der Waals surface area contributed by atoms with Crippen LogP contribution in [-0.2, 0) is 32.1 Å². The summed E-state index contributed by atoms with van der Waals surface area (Å²) in [6.45, 7) is 0.977. The summed E-state index contributed by atoms with van der Waals surface area (Å²) in [5.74, 6) is -0.218. The maximum atomic E-state index is 13.9. The molecule has 2 atom stereocenters. The van der Waals surface area contributed by atoms with Crippen LogP contribution in [0.15, 0.2) is 103 Å². The summed E-state index contributed by atoms with van der Waals surface area (Å²) in [5, 5.41) is 2.82. The van der Waals surface area contributed by atoms with Gasteiger partial charge in [0.05, 0.1) is 7.11 Å². The number of carbonyl (C=O) groups is 3. The van der Waals surface area contributed by atoms with Gasteiger partial charge in [-0.3, -0.25) is 4.79 Å². The molecule has 0 saturated carbocycles. The van der Waals surface area contributed by atoms with Crippen LogP contribution >= 0.6 is 0 Å². The van der Waals surface area contributed by atoms with Crippen LogP contribution in [0.4, 0.5) is 4.79 Å². The summed E-state index contributed by atoms with van der Waals surface area (Å²) in [5.41, 5.74) is 6.36. The van der Waals surface area contributed by atoms with Gasteiger partial charge in [0.1, 0.15) is 31.0 Å². The zero-order valence-electron chi connectivity index (χ0n) is 25.2. The van der Waals surface area contributed by atoms with Crippen LogP contribution in [0.5, 0.6) is 5.75 Å². The van der Waals surface area contributed by atoms with Gasteiger partial charge in [0, 0.05) is 18.9 Å². The van der Waals surface area contributed by atoms with E-state index in [2.05, 4.69) is 29.6 Å². The molecule has 230 valence electrons. The number of hydrogen-bond acceptors (Lipinski definition) is 6. The first-order valence-corrected chi connectivity index (χ1v) is 15.3. The number of amides is 2. The van der Waals surface area contributed by atoms with E-state index in [0.29, 0.717) is 31.7 Å². The summed E-state index contributed by atoms with van der Waals surface area (Å²) < 4.78 is 16.6. The molecule has 6 rings (SSSR count). The number of rotatable bonds is 10. The molecule has 2 amide bonds. The molecule has 4 aromatic rings. The molecule has 8 heteroatoms. The zero-order chi connectivity index (χ0) is 31.2. The second-order valence-electron chi connectivity index (χ2n) is 11.4. The molecule has 1 heterocycles. The molecule has 0 radical (unpaired) electrons. The van der Waals surface area contributed by atoms with Crippen molar-refractivity contribution < 1.29 is 28.6 Å². The van der Waals surface area contributed by atoms with E-state index >= 15 is 0 Å². The Kier molecular flexibility index (Phi) is 9.10. The van der Waals surface area contributed by atoms with E-state index in [1.807, 2.05) is 78.9 Å². The molecule has 45 heavy (non-hydrogen) atoms. The Balaban J connectivity index is 1.15. The SMILES string of the molecule is COC(=O)[C@@H]1CCCN1C(=O)[C@H](Cc1ccc(OCc2ccccc2)cc1)NC(=O)OCC1c2ccccc2-c2ccccc21. The van der Waals surface area contributed by atoms with Gasteiger partial charge in [-0.05, 0) is 58.4 Å². The largest absolute Gasteiger partial charge is 0.489 e. The Morgan fingerprint density at radius 3 is 2.13 bits per heavy atom. The van der Waals surface area contributed by atoms with Gasteiger partial charge in [-0.15, -0.1) is 0 Å². The smallest absolute Gasteiger partial charge is 0.407 e. The number of methoxy groups -OCH3 is 1. The Morgan fingerprint density at radius 1 is 0.822 bits per heavy atom. The topological polar surface area (TPSA) is 94.2 Å². The van der Waals surface area contributed by atoms with Crippen molar-refractivity contribution in [2.75, 3.05) is 20.3 Å². The summed E-state index contributed by atoms with van der Waals surface area (Å²) in [6.07, 6.45) is 0.721. The Labute approximate surface area is 262 Å². The number of fused-ring (bicyclic) bond motifs is 3. The number of alkyl carbamates (subject to hydrolysis) is 1. The van der Waals surface area contributed by atoms with Gasteiger partial charge in [-0.25, -0.2) is 9.59 Å². The molecular weight excluding hydrogens is 568 g/mol. The molecule has 1 fully saturated rings. The van der Waals surface area contributed by atoms with Crippen LogP contribution in [-0.4, -0.2) is 55.2 Å². The number of benzene rings is 4. The van der Waals surface area contributed by atoms with Crippen molar-refractivity contribution >= 4 is 18.0 Å². The average molecular weight is 605 g/mol. The van der Waals surface area contributed by atoms with Crippen LogP contribution in [0.3, 0.4) is 0 Å². The minimum absolute atomic E-state index is 0.108. The van der Waals surface area contributed by atoms with Crippen LogP contribution in [0.25, 0.3) is 11.1 Å². The van der Waals surface area contributed by atoms with Crippen molar-refractivity contribution in [1.29, 1.82) is 0 Å². The lowest BCUT2D eigenvalue weighted by Crippen LogP contribution is -2.53. The number of ether oxygens (including phenoxy) is 3. The molecule has 8 nitrogen and oxygen atoms in total. The number of esters is 1. The predicted molar refractivity (Wildman–Crippen MR) is 170 cm³/mol. The molecule has 1 aliphatic heterocycles. The Bertz CT molecular complexity index is 1610. The standard InChI is InChI=1S/C37H36N2O6/c1-43-36(41)34-16-9-21-39(34)35(40)33(22-25-17-19-27(20-18-25)44-23-26-10-3-2-4-11-26)38-37(42)45-24-32-30-14-7-5-12-28(30)29-13-6-8-15-31(29)32/h2-8,10-15,17-20,32-34H,9,16,21-24H2,1H3,(H,38,42)/t33-,34-/m0/s1. The van der Waals surface area contributed by atoms with Gasteiger partial charge < -0.3 is 24.4 Å². The molecule has 0 spiro atoms. The minimum Gasteiger partial charge on any atom is -0.489 e. The van der Waals surface area contributed by atoms with E-state index < -0.39 is 24.1 Å². The fraction of sp³-hybridized carbons (Fsp3) is 0.270. The minimum atomic E-state index is -0.943. The molecular formula is C37H36N2O6. The summed E-state index contributed by atoms with van der Waals surface area (Å²) in [4.78, 5) is 41.1. The molecule has 2 aliphatic rings. The van der Waals surface area contributed by atoms with Gasteiger partial charge in [-0.1, -0.05) is 91.0 Å². The van der Waals surface area contributed by atoms with Crippen LogP contribution in [0.2, 0.25) is 0 Å². The summed E-state index contributed by atoms with van der Waals surface area (Å²) in [6, 6.07) is 32.0. The molecule has 1 N–H and O–H groups in total. The Morgan fingerprint density at radius 2 is 1.47 bits per heavy atom. The molecule has 1 aliphatic carbocycles. The van der Waals surface area contributed by atoms with E-state index in [9.17, 15) is 14.4 Å². The quantitative estimate of drug-likeness (QED) is 0.227. The van der Waals surface area contributed by atoms with E-state index in [1.54, 1.807) is 0 Å². The van der Waals surface area contributed by atoms with E-state index in [-0.39, 0.29) is 24.9 Å². The highest BCUT2D eigenvalue weighted by Crippen LogP contribution is 2.44. The number of nitrogens with zero attached hydrogens (tertiary/aromatic N) is 1. The Hall–Kier alpha value is -5.11. The van der Waals surface area contributed by atoms with Crippen molar-refractivity contribution in [3.63, 3.8) is 0 Å². The van der Waals surface area contributed by atoms with E-state index in [0.717, 1.165) is 33.4 Å². The summed E-state index contributed by atoms with van der Waals surface area (Å²) in [7, 11) is 1.32. The molecule has 0 aromatic heterocycles. The predicted octanol–water partition coefficient (Wildman–Crippen LogP) is 5.88. The van der Waals surface area contributed by atoms with Crippen molar-refractivity contribution in [3.8, 4) is 16.9 Å². The highest BCUT2D eigenvalue weighted by Gasteiger charge is 2.39. The lowest BCUT2D eigenvalue weighted by Gasteiger charge is -2.28. The van der Waals surface area contributed by atoms with Crippen molar-refractivity contribution in [2.45, 2.75) is 43.9 Å². The van der Waals surface area contributed by atoms with Crippen molar-refractivity contribution in [3.05, 3.63) is 125 Å².